The van der Waals surface area contributed by atoms with Crippen LogP contribution in [0.1, 0.15) is 70.8 Å². The standard InChI is InChI=1S/C27H34O4/c1-15-8-9-20-25(6)12-11-21(28)24(4,5)19(25)10-13-26(20,7)27(15)14-18-22(31-27)16(2)17(3)30-23(18)29/h8,11-12,19-20H,9-10,13-14H2,1-7H3. The first-order valence-corrected chi connectivity index (χ1v) is 11.6. The zero-order valence-electron chi connectivity index (χ0n) is 19.8. The van der Waals surface area contributed by atoms with E-state index in [1.807, 2.05) is 19.9 Å². The molecule has 4 nitrogen and oxygen atoms in total. The molecule has 5 atom stereocenters. The molecule has 3 aliphatic carbocycles. The Hall–Kier alpha value is -2.10. The predicted octanol–water partition coefficient (Wildman–Crippen LogP) is 5.48. The molecule has 1 aromatic rings. The van der Waals surface area contributed by atoms with Gasteiger partial charge in [0.2, 0.25) is 0 Å². The molecule has 5 rings (SSSR count). The average molecular weight is 423 g/mol. The van der Waals surface area contributed by atoms with Crippen molar-refractivity contribution < 1.29 is 13.9 Å². The van der Waals surface area contributed by atoms with Gasteiger partial charge in [0.1, 0.15) is 17.1 Å². The Kier molecular flexibility index (Phi) is 4.04. The molecule has 166 valence electrons. The molecule has 0 amide bonds. The molecular formula is C27H34O4. The Morgan fingerprint density at radius 1 is 1.03 bits per heavy atom. The summed E-state index contributed by atoms with van der Waals surface area (Å²) >= 11 is 0. The first-order valence-electron chi connectivity index (χ1n) is 11.6. The largest absolute Gasteiger partial charge is 0.481 e. The molecule has 5 unspecified atom stereocenters. The molecule has 4 aliphatic rings. The van der Waals surface area contributed by atoms with Crippen LogP contribution in [0.15, 0.2) is 33.0 Å². The molecule has 1 aliphatic heterocycles. The highest BCUT2D eigenvalue weighted by Gasteiger charge is 2.68. The number of carbonyl (C=O) groups is 1. The van der Waals surface area contributed by atoms with Crippen LogP contribution in [-0.4, -0.2) is 11.4 Å². The fraction of sp³-hybridized carbons (Fsp3) is 0.630. The molecule has 0 radical (unpaired) electrons. The predicted molar refractivity (Wildman–Crippen MR) is 120 cm³/mol. The van der Waals surface area contributed by atoms with E-state index in [2.05, 4.69) is 46.8 Å². The fourth-order valence-corrected chi connectivity index (χ4v) is 7.82. The van der Waals surface area contributed by atoms with E-state index in [1.54, 1.807) is 0 Å². The van der Waals surface area contributed by atoms with Gasteiger partial charge < -0.3 is 9.15 Å². The highest BCUT2D eigenvalue weighted by atomic mass is 16.5. The fourth-order valence-electron chi connectivity index (χ4n) is 7.82. The Morgan fingerprint density at radius 3 is 2.45 bits per heavy atom. The second-order valence-electron chi connectivity index (χ2n) is 11.5. The molecule has 1 spiro atoms. The zero-order chi connectivity index (χ0) is 22.6. The Morgan fingerprint density at radius 2 is 1.74 bits per heavy atom. The van der Waals surface area contributed by atoms with Crippen molar-refractivity contribution in [2.24, 2.45) is 28.1 Å². The summed E-state index contributed by atoms with van der Waals surface area (Å²) in [5.74, 6) is 2.23. The molecule has 1 saturated carbocycles. The van der Waals surface area contributed by atoms with Crippen molar-refractivity contribution in [2.75, 3.05) is 0 Å². The van der Waals surface area contributed by atoms with E-state index in [4.69, 9.17) is 9.15 Å². The number of hydrogen-bond acceptors (Lipinski definition) is 4. The lowest BCUT2D eigenvalue weighted by Crippen LogP contribution is -2.65. The summed E-state index contributed by atoms with van der Waals surface area (Å²) in [6.07, 6.45) is 9.84. The number of ether oxygens (including phenoxy) is 1. The van der Waals surface area contributed by atoms with Crippen LogP contribution in [-0.2, 0) is 11.2 Å². The number of fused-ring (bicyclic) bond motifs is 5. The smallest absolute Gasteiger partial charge is 0.343 e. The van der Waals surface area contributed by atoms with E-state index in [9.17, 15) is 9.59 Å². The van der Waals surface area contributed by atoms with Crippen molar-refractivity contribution in [2.45, 2.75) is 79.8 Å². The van der Waals surface area contributed by atoms with E-state index in [1.165, 1.54) is 5.57 Å². The summed E-state index contributed by atoms with van der Waals surface area (Å²) in [5, 5.41) is 0. The second kappa shape index (κ2) is 6.02. The molecule has 0 N–H and O–H groups in total. The van der Waals surface area contributed by atoms with Crippen LogP contribution < -0.4 is 10.4 Å². The van der Waals surface area contributed by atoms with Gasteiger partial charge in [0, 0.05) is 22.8 Å². The van der Waals surface area contributed by atoms with Crippen LogP contribution in [0, 0.1) is 41.9 Å². The highest BCUT2D eigenvalue weighted by Crippen LogP contribution is 2.69. The van der Waals surface area contributed by atoms with Crippen molar-refractivity contribution in [1.82, 2.24) is 0 Å². The quantitative estimate of drug-likeness (QED) is 0.519. The summed E-state index contributed by atoms with van der Waals surface area (Å²) in [4.78, 5) is 25.5. The first kappa shape index (κ1) is 20.8. The molecule has 1 aromatic heterocycles. The third kappa shape index (κ3) is 2.32. The van der Waals surface area contributed by atoms with Crippen LogP contribution in [0.5, 0.6) is 5.75 Å². The minimum atomic E-state index is -0.543. The third-order valence-electron chi connectivity index (χ3n) is 9.88. The van der Waals surface area contributed by atoms with Crippen molar-refractivity contribution >= 4 is 5.78 Å². The molecule has 4 heteroatoms. The number of ketones is 1. The SMILES string of the molecule is CC1=CCC2C3(C)C=CC(=O)C(C)(C)C3CCC2(C)C12Cc1c(c(C)c(C)oc1=O)O2. The molecular weight excluding hydrogens is 388 g/mol. The van der Waals surface area contributed by atoms with Crippen LogP contribution in [0.3, 0.4) is 0 Å². The van der Waals surface area contributed by atoms with Crippen LogP contribution >= 0.6 is 0 Å². The summed E-state index contributed by atoms with van der Waals surface area (Å²) < 4.78 is 12.4. The van der Waals surface area contributed by atoms with Gasteiger partial charge in [-0.15, -0.1) is 0 Å². The maximum atomic E-state index is 12.8. The van der Waals surface area contributed by atoms with E-state index in [0.717, 1.165) is 30.6 Å². The maximum Gasteiger partial charge on any atom is 0.343 e. The second-order valence-corrected chi connectivity index (χ2v) is 11.5. The number of hydrogen-bond donors (Lipinski definition) is 0. The normalized spacial score (nSPS) is 40.1. The van der Waals surface area contributed by atoms with Gasteiger partial charge in [0.25, 0.3) is 0 Å². The summed E-state index contributed by atoms with van der Waals surface area (Å²) in [7, 11) is 0. The Balaban J connectivity index is 1.68. The van der Waals surface area contributed by atoms with Gasteiger partial charge in [-0.25, -0.2) is 4.79 Å². The minimum absolute atomic E-state index is 0.0949. The monoisotopic (exact) mass is 422 g/mol. The van der Waals surface area contributed by atoms with Gasteiger partial charge in [-0.3, -0.25) is 4.79 Å². The van der Waals surface area contributed by atoms with Crippen LogP contribution in [0.4, 0.5) is 0 Å². The van der Waals surface area contributed by atoms with Crippen molar-refractivity contribution in [1.29, 1.82) is 0 Å². The van der Waals surface area contributed by atoms with Crippen LogP contribution in [0.2, 0.25) is 0 Å². The van der Waals surface area contributed by atoms with E-state index in [0.29, 0.717) is 29.6 Å². The molecule has 0 saturated heterocycles. The molecule has 0 aromatic carbocycles. The Labute approximate surface area is 184 Å². The lowest BCUT2D eigenvalue weighted by atomic mass is 9.40. The Bertz CT molecular complexity index is 1120. The van der Waals surface area contributed by atoms with Gasteiger partial charge in [-0.1, -0.05) is 39.8 Å². The molecule has 31 heavy (non-hydrogen) atoms. The summed E-state index contributed by atoms with van der Waals surface area (Å²) in [5.41, 5.74) is 1.41. The van der Waals surface area contributed by atoms with Crippen LogP contribution in [0.25, 0.3) is 0 Å². The van der Waals surface area contributed by atoms with E-state index < -0.39 is 5.60 Å². The van der Waals surface area contributed by atoms with E-state index in [-0.39, 0.29) is 27.7 Å². The summed E-state index contributed by atoms with van der Waals surface area (Å²) in [6, 6.07) is 0. The number of rotatable bonds is 0. The van der Waals surface area contributed by atoms with Gasteiger partial charge in [-0.2, -0.15) is 0 Å². The number of allylic oxidation sites excluding steroid dienone is 3. The van der Waals surface area contributed by atoms with Gasteiger partial charge in [0.15, 0.2) is 5.78 Å². The average Bonchev–Trinajstić information content (AvgIpc) is 3.11. The molecule has 1 fully saturated rings. The van der Waals surface area contributed by atoms with Crippen molar-refractivity contribution in [3.05, 3.63) is 51.1 Å². The lowest BCUT2D eigenvalue weighted by Gasteiger charge is -2.65. The lowest BCUT2D eigenvalue weighted by molar-refractivity contribution is -0.160. The number of carbonyl (C=O) groups excluding carboxylic acids is 1. The topological polar surface area (TPSA) is 56.5 Å². The van der Waals surface area contributed by atoms with Gasteiger partial charge in [-0.05, 0) is 68.9 Å². The van der Waals surface area contributed by atoms with Crippen molar-refractivity contribution in [3.63, 3.8) is 0 Å². The minimum Gasteiger partial charge on any atom is -0.481 e. The first-order chi connectivity index (χ1) is 14.4. The van der Waals surface area contributed by atoms with Crippen molar-refractivity contribution in [3.8, 4) is 5.75 Å². The van der Waals surface area contributed by atoms with E-state index >= 15 is 0 Å². The van der Waals surface area contributed by atoms with Gasteiger partial charge >= 0.3 is 5.63 Å². The third-order valence-corrected chi connectivity index (χ3v) is 9.88. The zero-order valence-corrected chi connectivity index (χ0v) is 19.8. The van der Waals surface area contributed by atoms with Gasteiger partial charge in [0.05, 0.1) is 5.56 Å². The summed E-state index contributed by atoms with van der Waals surface area (Å²) in [6.45, 7) is 14.9. The number of aryl methyl sites for hydroxylation is 1. The molecule has 0 bridgehead atoms. The molecule has 2 heterocycles. The maximum absolute atomic E-state index is 12.8. The highest BCUT2D eigenvalue weighted by molar-refractivity contribution is 5.95.